The van der Waals surface area contributed by atoms with Gasteiger partial charge in [0, 0.05) is 6.07 Å². The summed E-state index contributed by atoms with van der Waals surface area (Å²) in [6.45, 7) is 1.56. The summed E-state index contributed by atoms with van der Waals surface area (Å²) >= 11 is 0. The number of halogens is 1. The Morgan fingerprint density at radius 1 is 1.28 bits per heavy atom. The number of carbonyl (C=O) groups excluding carboxylic acids is 2. The van der Waals surface area contributed by atoms with Gasteiger partial charge in [0.25, 0.3) is 0 Å². The molecule has 0 bridgehead atoms. The van der Waals surface area contributed by atoms with Gasteiger partial charge in [-0.3, -0.25) is 14.9 Å². The van der Waals surface area contributed by atoms with Gasteiger partial charge in [-0.2, -0.15) is 0 Å². The van der Waals surface area contributed by atoms with Crippen molar-refractivity contribution in [3.8, 4) is 5.75 Å². The number of hydrogen-bond acceptors (Lipinski definition) is 4. The zero-order valence-corrected chi connectivity index (χ0v) is 13.5. The van der Waals surface area contributed by atoms with E-state index in [1.807, 2.05) is 30.3 Å². The second-order valence-electron chi connectivity index (χ2n) is 5.85. The number of rotatable bonds is 4. The summed E-state index contributed by atoms with van der Waals surface area (Å²) in [5, 5.41) is 5.54. The lowest BCUT2D eigenvalue weighted by Gasteiger charge is -2.27. The van der Waals surface area contributed by atoms with E-state index in [4.69, 9.17) is 10.5 Å². The Balaban J connectivity index is 2.02. The van der Waals surface area contributed by atoms with Crippen molar-refractivity contribution in [3.63, 3.8) is 0 Å². The van der Waals surface area contributed by atoms with Crippen molar-refractivity contribution in [2.24, 2.45) is 5.73 Å². The Labute approximate surface area is 144 Å². The first-order chi connectivity index (χ1) is 12.0. The zero-order chi connectivity index (χ0) is 18.0. The topological polar surface area (TPSA) is 93.4 Å². The van der Waals surface area contributed by atoms with Gasteiger partial charge in [0.15, 0.2) is 0 Å². The SMILES string of the molecule is C[C@H](N[C@@H]1C(=O)Nc2cc(F)ccc2O[C@@H]1c1ccccc1)C(N)=O. The van der Waals surface area contributed by atoms with E-state index >= 15 is 0 Å². The maximum atomic E-state index is 13.5. The van der Waals surface area contributed by atoms with Gasteiger partial charge in [-0.25, -0.2) is 4.39 Å². The fraction of sp³-hybridized carbons (Fsp3) is 0.222. The fourth-order valence-corrected chi connectivity index (χ4v) is 2.67. The minimum atomic E-state index is -0.889. The summed E-state index contributed by atoms with van der Waals surface area (Å²) in [6.07, 6.45) is -0.713. The number of anilines is 1. The molecule has 1 heterocycles. The standard InChI is InChI=1S/C18H18FN3O3/c1-10(17(20)23)21-15-16(11-5-3-2-4-6-11)25-14-8-7-12(19)9-13(14)22-18(15)24/h2-10,15-16,21H,1H3,(H2,20,23)(H,22,24)/t10-,15-,16+/m0/s1. The summed E-state index contributed by atoms with van der Waals surface area (Å²) in [5.41, 5.74) is 6.28. The molecule has 25 heavy (non-hydrogen) atoms. The third-order valence-corrected chi connectivity index (χ3v) is 4.02. The molecule has 1 aliphatic rings. The number of carbonyl (C=O) groups is 2. The number of amides is 2. The van der Waals surface area contributed by atoms with Gasteiger partial charge in [0.2, 0.25) is 11.8 Å². The Hall–Kier alpha value is -2.93. The Bertz CT molecular complexity index is 797. The highest BCUT2D eigenvalue weighted by molar-refractivity contribution is 5.98. The predicted molar refractivity (Wildman–Crippen MR) is 90.4 cm³/mol. The van der Waals surface area contributed by atoms with E-state index in [-0.39, 0.29) is 5.69 Å². The number of fused-ring (bicyclic) bond motifs is 1. The highest BCUT2D eigenvalue weighted by atomic mass is 19.1. The molecule has 0 saturated carbocycles. The van der Waals surface area contributed by atoms with Crippen LogP contribution in [0.15, 0.2) is 48.5 Å². The number of nitrogens with one attached hydrogen (secondary N) is 2. The van der Waals surface area contributed by atoms with E-state index in [9.17, 15) is 14.0 Å². The molecule has 0 aromatic heterocycles. The normalized spacial score (nSPS) is 20.6. The molecule has 3 atom stereocenters. The van der Waals surface area contributed by atoms with Gasteiger partial charge < -0.3 is 15.8 Å². The van der Waals surface area contributed by atoms with Crippen LogP contribution in [0.2, 0.25) is 0 Å². The van der Waals surface area contributed by atoms with Gasteiger partial charge in [-0.15, -0.1) is 0 Å². The highest BCUT2D eigenvalue weighted by Crippen LogP contribution is 2.35. The van der Waals surface area contributed by atoms with Gasteiger partial charge >= 0.3 is 0 Å². The predicted octanol–water partition coefficient (Wildman–Crippen LogP) is 1.73. The molecule has 2 amide bonds. The summed E-state index contributed by atoms with van der Waals surface area (Å²) < 4.78 is 19.5. The molecule has 0 radical (unpaired) electrons. The Kier molecular flexibility index (Phi) is 4.67. The summed E-state index contributed by atoms with van der Waals surface area (Å²) in [6, 6.07) is 11.4. The monoisotopic (exact) mass is 343 g/mol. The Morgan fingerprint density at radius 2 is 2.00 bits per heavy atom. The number of nitrogens with two attached hydrogens (primary N) is 1. The molecule has 2 aromatic carbocycles. The average Bonchev–Trinajstić information content (AvgIpc) is 2.72. The molecule has 0 spiro atoms. The molecule has 130 valence electrons. The lowest BCUT2D eigenvalue weighted by atomic mass is 10.0. The van der Waals surface area contributed by atoms with Crippen LogP contribution in [0.1, 0.15) is 18.6 Å². The molecule has 0 unspecified atom stereocenters. The zero-order valence-electron chi connectivity index (χ0n) is 13.5. The van der Waals surface area contributed by atoms with E-state index in [2.05, 4.69) is 10.6 Å². The highest BCUT2D eigenvalue weighted by Gasteiger charge is 2.36. The third-order valence-electron chi connectivity index (χ3n) is 4.02. The number of ether oxygens (including phenoxy) is 1. The van der Waals surface area contributed by atoms with Gasteiger partial charge in [0.1, 0.15) is 23.7 Å². The summed E-state index contributed by atoms with van der Waals surface area (Å²) in [4.78, 5) is 24.1. The quantitative estimate of drug-likeness (QED) is 0.788. The molecule has 7 heteroatoms. The van der Waals surface area contributed by atoms with Crippen LogP contribution in [0.25, 0.3) is 0 Å². The first-order valence-electron chi connectivity index (χ1n) is 7.83. The van der Waals surface area contributed by atoms with Crippen molar-refractivity contribution in [2.75, 3.05) is 5.32 Å². The van der Waals surface area contributed by atoms with Crippen LogP contribution in [-0.2, 0) is 9.59 Å². The smallest absolute Gasteiger partial charge is 0.245 e. The number of primary amides is 1. The maximum Gasteiger partial charge on any atom is 0.245 e. The van der Waals surface area contributed by atoms with Crippen LogP contribution in [-0.4, -0.2) is 23.9 Å². The van der Waals surface area contributed by atoms with Crippen molar-refractivity contribution in [2.45, 2.75) is 25.1 Å². The number of hydrogen-bond donors (Lipinski definition) is 3. The van der Waals surface area contributed by atoms with Gasteiger partial charge in [-0.05, 0) is 24.6 Å². The summed E-state index contributed by atoms with van der Waals surface area (Å²) in [7, 11) is 0. The molecule has 0 saturated heterocycles. The first kappa shape index (κ1) is 16.9. The van der Waals surface area contributed by atoms with Crippen LogP contribution in [0.3, 0.4) is 0 Å². The lowest BCUT2D eigenvalue weighted by molar-refractivity contribution is -0.122. The van der Waals surface area contributed by atoms with E-state index in [1.165, 1.54) is 18.2 Å². The minimum absolute atomic E-state index is 0.238. The van der Waals surface area contributed by atoms with Crippen LogP contribution in [0.5, 0.6) is 5.75 Å². The van der Waals surface area contributed by atoms with Gasteiger partial charge in [-0.1, -0.05) is 30.3 Å². The van der Waals surface area contributed by atoms with Crippen molar-refractivity contribution < 1.29 is 18.7 Å². The van der Waals surface area contributed by atoms with Crippen molar-refractivity contribution in [1.29, 1.82) is 0 Å². The van der Waals surface area contributed by atoms with Crippen LogP contribution in [0, 0.1) is 5.82 Å². The molecule has 4 N–H and O–H groups in total. The largest absolute Gasteiger partial charge is 0.481 e. The molecule has 0 aliphatic carbocycles. The summed E-state index contributed by atoms with van der Waals surface area (Å²) in [5.74, 6) is -1.17. The maximum absolute atomic E-state index is 13.5. The van der Waals surface area contributed by atoms with E-state index < -0.39 is 35.8 Å². The molecule has 1 aliphatic heterocycles. The molecule has 6 nitrogen and oxygen atoms in total. The fourth-order valence-electron chi connectivity index (χ4n) is 2.67. The second kappa shape index (κ2) is 6.90. The average molecular weight is 343 g/mol. The minimum Gasteiger partial charge on any atom is -0.481 e. The molecular weight excluding hydrogens is 325 g/mol. The lowest BCUT2D eigenvalue weighted by Crippen LogP contribution is -2.52. The van der Waals surface area contributed by atoms with E-state index in [0.29, 0.717) is 5.75 Å². The van der Waals surface area contributed by atoms with Gasteiger partial charge in [0.05, 0.1) is 11.7 Å². The van der Waals surface area contributed by atoms with Crippen molar-refractivity contribution in [1.82, 2.24) is 5.32 Å². The second-order valence-corrected chi connectivity index (χ2v) is 5.85. The van der Waals surface area contributed by atoms with Crippen molar-refractivity contribution >= 4 is 17.5 Å². The molecular formula is C18H18FN3O3. The number of benzene rings is 2. The molecule has 0 fully saturated rings. The molecule has 3 rings (SSSR count). The van der Waals surface area contributed by atoms with E-state index in [1.54, 1.807) is 6.92 Å². The van der Waals surface area contributed by atoms with E-state index in [0.717, 1.165) is 5.56 Å². The van der Waals surface area contributed by atoms with Crippen LogP contribution < -0.4 is 21.1 Å². The van der Waals surface area contributed by atoms with Crippen LogP contribution in [0.4, 0.5) is 10.1 Å². The van der Waals surface area contributed by atoms with Crippen LogP contribution >= 0.6 is 0 Å². The van der Waals surface area contributed by atoms with Crippen molar-refractivity contribution in [3.05, 3.63) is 59.9 Å². The Morgan fingerprint density at radius 3 is 2.68 bits per heavy atom. The third kappa shape index (κ3) is 3.61. The first-order valence-corrected chi connectivity index (χ1v) is 7.83. The molecule has 2 aromatic rings.